The molecule has 1 aliphatic heterocycles. The van der Waals surface area contributed by atoms with Crippen LogP contribution in [0.3, 0.4) is 0 Å². The van der Waals surface area contributed by atoms with Gasteiger partial charge >= 0.3 is 5.97 Å². The minimum absolute atomic E-state index is 0.0770. The van der Waals surface area contributed by atoms with Crippen molar-refractivity contribution >= 4 is 17.6 Å². The zero-order valence-electron chi connectivity index (χ0n) is 8.30. The van der Waals surface area contributed by atoms with Crippen LogP contribution in [0.1, 0.15) is 12.8 Å². The molecule has 0 aromatic carbocycles. The van der Waals surface area contributed by atoms with E-state index in [0.717, 1.165) is 0 Å². The van der Waals surface area contributed by atoms with E-state index in [4.69, 9.17) is 4.42 Å². The van der Waals surface area contributed by atoms with E-state index < -0.39 is 6.04 Å². The summed E-state index contributed by atoms with van der Waals surface area (Å²) in [5, 5.41) is 0. The van der Waals surface area contributed by atoms with Gasteiger partial charge in [-0.15, -0.1) is 0 Å². The first-order valence-corrected chi connectivity index (χ1v) is 4.66. The minimum Gasteiger partial charge on any atom is -0.470 e. The van der Waals surface area contributed by atoms with Crippen molar-refractivity contribution in [1.29, 1.82) is 0 Å². The van der Waals surface area contributed by atoms with Gasteiger partial charge in [0.2, 0.25) is 5.91 Å². The van der Waals surface area contributed by atoms with Crippen molar-refractivity contribution < 1.29 is 18.7 Å². The Morgan fingerprint density at radius 2 is 2.47 bits per heavy atom. The minimum atomic E-state index is -0.514. The number of ether oxygens (including phenoxy) is 1. The monoisotopic (exact) mass is 209 g/mol. The van der Waals surface area contributed by atoms with Gasteiger partial charge in [-0.2, -0.15) is 0 Å². The molecule has 0 unspecified atom stereocenters. The summed E-state index contributed by atoms with van der Waals surface area (Å²) in [6, 6.07) is 1.14. The van der Waals surface area contributed by atoms with Gasteiger partial charge < -0.3 is 9.15 Å². The Balaban J connectivity index is 2.27. The molecule has 2 rings (SSSR count). The molecule has 0 aliphatic carbocycles. The zero-order valence-corrected chi connectivity index (χ0v) is 8.30. The third kappa shape index (κ3) is 1.60. The average molecular weight is 209 g/mol. The predicted octanol–water partition coefficient (Wildman–Crippen LogP) is 0.948. The molecule has 1 amide bonds. The van der Waals surface area contributed by atoms with E-state index in [9.17, 15) is 9.59 Å². The van der Waals surface area contributed by atoms with Crippen molar-refractivity contribution in [2.45, 2.75) is 18.9 Å². The van der Waals surface area contributed by atoms with Gasteiger partial charge in [0.1, 0.15) is 12.3 Å². The molecule has 1 aromatic heterocycles. The van der Waals surface area contributed by atoms with Crippen molar-refractivity contribution in [3.05, 3.63) is 18.6 Å². The second kappa shape index (κ2) is 3.76. The van der Waals surface area contributed by atoms with Crippen molar-refractivity contribution in [2.24, 2.45) is 0 Å². The molecule has 0 N–H and O–H groups in total. The van der Waals surface area contributed by atoms with Crippen LogP contribution in [0.25, 0.3) is 0 Å². The maximum atomic E-state index is 11.6. The van der Waals surface area contributed by atoms with Gasteiger partial charge in [-0.05, 0) is 6.42 Å². The van der Waals surface area contributed by atoms with E-state index in [1.807, 2.05) is 0 Å². The lowest BCUT2D eigenvalue weighted by Crippen LogP contribution is -2.39. The maximum absolute atomic E-state index is 11.6. The fraction of sp³-hybridized carbons (Fsp3) is 0.400. The molecule has 15 heavy (non-hydrogen) atoms. The molecule has 0 spiro atoms. The predicted molar refractivity (Wildman–Crippen MR) is 51.2 cm³/mol. The maximum Gasteiger partial charge on any atom is 0.328 e. The number of esters is 1. The van der Waals surface area contributed by atoms with E-state index in [1.54, 1.807) is 6.07 Å². The number of nitrogens with zero attached hydrogens (tertiary/aromatic N) is 1. The SMILES string of the molecule is COC(=O)[C@@H]1CCC(=O)N1c1ccoc1. The highest BCUT2D eigenvalue weighted by Crippen LogP contribution is 2.27. The van der Waals surface area contributed by atoms with Gasteiger partial charge in [-0.1, -0.05) is 0 Å². The molecule has 1 aliphatic rings. The summed E-state index contributed by atoms with van der Waals surface area (Å²) in [5.41, 5.74) is 0.605. The van der Waals surface area contributed by atoms with Gasteiger partial charge in [0.15, 0.2) is 0 Å². The molecule has 0 bridgehead atoms. The number of hydrogen-bond acceptors (Lipinski definition) is 4. The summed E-state index contributed by atoms with van der Waals surface area (Å²) >= 11 is 0. The largest absolute Gasteiger partial charge is 0.470 e. The Hall–Kier alpha value is -1.78. The molecule has 80 valence electrons. The number of rotatable bonds is 2. The zero-order chi connectivity index (χ0) is 10.8. The highest BCUT2D eigenvalue weighted by atomic mass is 16.5. The number of carbonyl (C=O) groups is 2. The molecule has 5 nitrogen and oxygen atoms in total. The molecule has 1 atom stereocenters. The quantitative estimate of drug-likeness (QED) is 0.680. The van der Waals surface area contributed by atoms with Crippen LogP contribution in [0.4, 0.5) is 5.69 Å². The molecular weight excluding hydrogens is 198 g/mol. The number of methoxy groups -OCH3 is 1. The normalized spacial score (nSPS) is 20.7. The van der Waals surface area contributed by atoms with Gasteiger partial charge in [0.05, 0.1) is 19.1 Å². The highest BCUT2D eigenvalue weighted by molar-refractivity contribution is 6.02. The lowest BCUT2D eigenvalue weighted by atomic mass is 10.2. The molecule has 5 heteroatoms. The van der Waals surface area contributed by atoms with E-state index >= 15 is 0 Å². The Labute approximate surface area is 86.6 Å². The molecular formula is C10H11NO4. The summed E-state index contributed by atoms with van der Waals surface area (Å²) in [5.74, 6) is -0.464. The third-order valence-corrected chi connectivity index (χ3v) is 2.47. The number of amides is 1. The van der Waals surface area contributed by atoms with Crippen LogP contribution in [-0.2, 0) is 14.3 Å². The summed E-state index contributed by atoms with van der Waals surface area (Å²) in [4.78, 5) is 24.4. The van der Waals surface area contributed by atoms with Crippen LogP contribution in [0.2, 0.25) is 0 Å². The smallest absolute Gasteiger partial charge is 0.328 e. The summed E-state index contributed by atoms with van der Waals surface area (Å²) in [7, 11) is 1.32. The van der Waals surface area contributed by atoms with Gasteiger partial charge in [-0.25, -0.2) is 4.79 Å². The highest BCUT2D eigenvalue weighted by Gasteiger charge is 2.38. The van der Waals surface area contributed by atoms with Crippen molar-refractivity contribution in [3.8, 4) is 0 Å². The lowest BCUT2D eigenvalue weighted by molar-refractivity contribution is -0.142. The van der Waals surface area contributed by atoms with Crippen LogP contribution < -0.4 is 4.90 Å². The molecule has 0 radical (unpaired) electrons. The van der Waals surface area contributed by atoms with Crippen LogP contribution in [0.15, 0.2) is 23.0 Å². The number of hydrogen-bond donors (Lipinski definition) is 0. The first-order chi connectivity index (χ1) is 7.24. The van der Waals surface area contributed by atoms with Gasteiger partial charge in [-0.3, -0.25) is 9.69 Å². The Bertz CT molecular complexity index is 371. The Kier molecular flexibility index (Phi) is 2.45. The van der Waals surface area contributed by atoms with E-state index in [-0.39, 0.29) is 11.9 Å². The lowest BCUT2D eigenvalue weighted by Gasteiger charge is -2.20. The van der Waals surface area contributed by atoms with E-state index in [2.05, 4.69) is 4.74 Å². The van der Waals surface area contributed by atoms with Crippen molar-refractivity contribution in [2.75, 3.05) is 12.0 Å². The summed E-state index contributed by atoms with van der Waals surface area (Å²) < 4.78 is 9.54. The van der Waals surface area contributed by atoms with Crippen LogP contribution >= 0.6 is 0 Å². The Morgan fingerprint density at radius 3 is 3.07 bits per heavy atom. The Morgan fingerprint density at radius 1 is 1.67 bits per heavy atom. The molecule has 1 aromatic rings. The molecule has 1 saturated heterocycles. The van der Waals surface area contributed by atoms with Gasteiger partial charge in [0, 0.05) is 12.5 Å². The first-order valence-electron chi connectivity index (χ1n) is 4.66. The number of carbonyl (C=O) groups excluding carboxylic acids is 2. The second-order valence-corrected chi connectivity index (χ2v) is 3.32. The fourth-order valence-corrected chi connectivity index (χ4v) is 1.76. The third-order valence-electron chi connectivity index (χ3n) is 2.47. The van der Waals surface area contributed by atoms with E-state index in [0.29, 0.717) is 18.5 Å². The van der Waals surface area contributed by atoms with Crippen molar-refractivity contribution in [1.82, 2.24) is 0 Å². The number of anilines is 1. The van der Waals surface area contributed by atoms with Gasteiger partial charge in [0.25, 0.3) is 0 Å². The molecule has 0 saturated carbocycles. The van der Waals surface area contributed by atoms with E-state index in [1.165, 1.54) is 24.5 Å². The van der Waals surface area contributed by atoms with Crippen LogP contribution in [0, 0.1) is 0 Å². The topological polar surface area (TPSA) is 59.8 Å². The number of furan rings is 1. The second-order valence-electron chi connectivity index (χ2n) is 3.32. The molecule has 2 heterocycles. The summed E-state index contributed by atoms with van der Waals surface area (Å²) in [6.45, 7) is 0. The fourth-order valence-electron chi connectivity index (χ4n) is 1.76. The average Bonchev–Trinajstić information content (AvgIpc) is 2.85. The van der Waals surface area contributed by atoms with Crippen molar-refractivity contribution in [3.63, 3.8) is 0 Å². The molecule has 1 fully saturated rings. The standard InChI is InChI=1S/C10H11NO4/c1-14-10(13)8-2-3-9(12)11(8)7-4-5-15-6-7/h4-6,8H,2-3H2,1H3/t8-/m0/s1. The summed E-state index contributed by atoms with van der Waals surface area (Å²) in [6.07, 6.45) is 3.77. The first kappa shape index (κ1) is 9.76. The van der Waals surface area contributed by atoms with Crippen LogP contribution in [0.5, 0.6) is 0 Å². The van der Waals surface area contributed by atoms with Crippen LogP contribution in [-0.4, -0.2) is 25.0 Å².